The van der Waals surface area contributed by atoms with Crippen LogP contribution in [0.3, 0.4) is 0 Å². The zero-order chi connectivity index (χ0) is 18.0. The lowest BCUT2D eigenvalue weighted by molar-refractivity contribution is 0.0915. The van der Waals surface area contributed by atoms with Crippen LogP contribution in [0.25, 0.3) is 10.9 Å². The number of aryl methyl sites for hydroxylation is 1. The maximum Gasteiger partial charge on any atom is 0.252 e. The molecule has 1 aromatic carbocycles. The minimum atomic E-state index is -1.06. The maximum atomic E-state index is 12.5. The average Bonchev–Trinajstić information content (AvgIpc) is 2.59. The summed E-state index contributed by atoms with van der Waals surface area (Å²) < 4.78 is 0. The summed E-state index contributed by atoms with van der Waals surface area (Å²) >= 11 is 0. The third kappa shape index (κ3) is 3.67. The van der Waals surface area contributed by atoms with Gasteiger partial charge >= 0.3 is 0 Å². The molecule has 4 N–H and O–H groups in total. The number of hydrogen-bond donors (Lipinski definition) is 4. The van der Waals surface area contributed by atoms with E-state index in [0.717, 1.165) is 5.56 Å². The number of aliphatic hydroxyl groups excluding tert-OH is 1. The van der Waals surface area contributed by atoms with Gasteiger partial charge in [-0.15, -0.1) is 0 Å². The molecule has 128 valence electrons. The highest BCUT2D eigenvalue weighted by molar-refractivity contribution is 6.06. The Morgan fingerprint density at radius 3 is 2.68 bits per heavy atom. The second-order valence-electron chi connectivity index (χ2n) is 5.79. The molecule has 1 unspecified atom stereocenters. The Labute approximate surface area is 142 Å². The molecule has 1 amide bonds. The lowest BCUT2D eigenvalue weighted by atomic mass is 10.1. The second kappa shape index (κ2) is 6.74. The van der Waals surface area contributed by atoms with Gasteiger partial charge in [-0.2, -0.15) is 0 Å². The van der Waals surface area contributed by atoms with E-state index in [1.165, 1.54) is 18.2 Å². The molecule has 0 aliphatic heterocycles. The van der Waals surface area contributed by atoms with Crippen molar-refractivity contribution in [2.45, 2.75) is 13.0 Å². The predicted molar refractivity (Wildman–Crippen MR) is 93.7 cm³/mol. The number of fused-ring (bicyclic) bond motifs is 1. The standard InChI is InChI=1S/C18H17N3O4/c1-10-5-6-13-11(7-10)12(8-17(24)20-13)18(25)19-9-15(22)14-3-2-4-16(23)21-14/h2-8,15,22H,9H2,1H3,(H,19,25)(H,20,24)(H,21,23). The quantitative estimate of drug-likeness (QED) is 0.567. The summed E-state index contributed by atoms with van der Waals surface area (Å²) in [5.74, 6) is -0.473. The van der Waals surface area contributed by atoms with Crippen LogP contribution in [-0.2, 0) is 0 Å². The van der Waals surface area contributed by atoms with Crippen LogP contribution in [0.5, 0.6) is 0 Å². The maximum absolute atomic E-state index is 12.5. The van der Waals surface area contributed by atoms with Gasteiger partial charge in [-0.1, -0.05) is 17.7 Å². The van der Waals surface area contributed by atoms with Crippen molar-refractivity contribution in [1.82, 2.24) is 15.3 Å². The Hall–Kier alpha value is -3.19. The molecule has 0 aliphatic rings. The van der Waals surface area contributed by atoms with Crippen LogP contribution in [0, 0.1) is 6.92 Å². The smallest absolute Gasteiger partial charge is 0.252 e. The first-order valence-electron chi connectivity index (χ1n) is 7.73. The fourth-order valence-corrected chi connectivity index (χ4v) is 2.61. The highest BCUT2D eigenvalue weighted by Crippen LogP contribution is 2.17. The number of aromatic nitrogens is 2. The van der Waals surface area contributed by atoms with Crippen LogP contribution in [-0.4, -0.2) is 27.5 Å². The fraction of sp³-hybridized carbons (Fsp3) is 0.167. The molecule has 2 heterocycles. The predicted octanol–water partition coefficient (Wildman–Crippen LogP) is 0.988. The number of H-pyrrole nitrogens is 2. The Balaban J connectivity index is 1.84. The van der Waals surface area contributed by atoms with Gasteiger partial charge in [0, 0.05) is 35.3 Å². The summed E-state index contributed by atoms with van der Waals surface area (Å²) in [5.41, 5.74) is 1.34. The number of nitrogens with one attached hydrogen (secondary N) is 3. The molecule has 1 atom stereocenters. The van der Waals surface area contributed by atoms with E-state index in [9.17, 15) is 19.5 Å². The molecule has 0 bridgehead atoms. The number of benzene rings is 1. The van der Waals surface area contributed by atoms with Gasteiger partial charge < -0.3 is 20.4 Å². The minimum absolute atomic E-state index is 0.0983. The van der Waals surface area contributed by atoms with Crippen molar-refractivity contribution in [3.8, 4) is 0 Å². The van der Waals surface area contributed by atoms with Crippen LogP contribution in [0.4, 0.5) is 0 Å². The van der Waals surface area contributed by atoms with Crippen LogP contribution in [0.2, 0.25) is 0 Å². The topological polar surface area (TPSA) is 115 Å². The first-order valence-corrected chi connectivity index (χ1v) is 7.73. The lowest BCUT2D eigenvalue weighted by Gasteiger charge is -2.13. The average molecular weight is 339 g/mol. The largest absolute Gasteiger partial charge is 0.385 e. The molecule has 25 heavy (non-hydrogen) atoms. The molecule has 0 spiro atoms. The second-order valence-corrected chi connectivity index (χ2v) is 5.79. The van der Waals surface area contributed by atoms with E-state index >= 15 is 0 Å². The van der Waals surface area contributed by atoms with Gasteiger partial charge in [0.15, 0.2) is 0 Å². The van der Waals surface area contributed by atoms with Crippen LogP contribution < -0.4 is 16.4 Å². The summed E-state index contributed by atoms with van der Waals surface area (Å²) in [4.78, 5) is 40.7. The summed E-state index contributed by atoms with van der Waals surface area (Å²) in [6.07, 6.45) is -1.06. The SMILES string of the molecule is Cc1ccc2[nH]c(=O)cc(C(=O)NCC(O)c3cccc(=O)[nH]3)c2c1. The number of aliphatic hydroxyl groups is 1. The van der Waals surface area contributed by atoms with Crippen molar-refractivity contribution in [2.75, 3.05) is 6.54 Å². The van der Waals surface area contributed by atoms with E-state index in [4.69, 9.17) is 0 Å². The first-order chi connectivity index (χ1) is 11.9. The van der Waals surface area contributed by atoms with E-state index in [0.29, 0.717) is 16.6 Å². The van der Waals surface area contributed by atoms with Gasteiger partial charge in [0.05, 0.1) is 5.56 Å². The van der Waals surface area contributed by atoms with Crippen molar-refractivity contribution in [2.24, 2.45) is 0 Å². The number of carbonyl (C=O) groups excluding carboxylic acids is 1. The van der Waals surface area contributed by atoms with E-state index in [2.05, 4.69) is 15.3 Å². The number of amides is 1. The molecule has 0 saturated carbocycles. The van der Waals surface area contributed by atoms with Crippen molar-refractivity contribution in [1.29, 1.82) is 0 Å². The Kier molecular flexibility index (Phi) is 4.49. The Morgan fingerprint density at radius 1 is 1.12 bits per heavy atom. The minimum Gasteiger partial charge on any atom is -0.385 e. The van der Waals surface area contributed by atoms with Crippen molar-refractivity contribution < 1.29 is 9.90 Å². The molecule has 2 aromatic heterocycles. The number of pyridine rings is 2. The Bertz CT molecular complexity index is 1050. The fourth-order valence-electron chi connectivity index (χ4n) is 2.61. The van der Waals surface area contributed by atoms with E-state index in [1.807, 2.05) is 19.1 Å². The van der Waals surface area contributed by atoms with Gasteiger partial charge in [-0.05, 0) is 25.1 Å². The third-order valence-electron chi connectivity index (χ3n) is 3.85. The monoisotopic (exact) mass is 339 g/mol. The molecular weight excluding hydrogens is 322 g/mol. The van der Waals surface area contributed by atoms with Crippen molar-refractivity contribution in [3.63, 3.8) is 0 Å². The van der Waals surface area contributed by atoms with Gasteiger partial charge in [0.2, 0.25) is 11.1 Å². The van der Waals surface area contributed by atoms with Crippen molar-refractivity contribution >= 4 is 16.8 Å². The molecule has 0 aliphatic carbocycles. The molecule has 3 aromatic rings. The zero-order valence-corrected chi connectivity index (χ0v) is 13.5. The van der Waals surface area contributed by atoms with Crippen LogP contribution in [0.1, 0.15) is 27.7 Å². The van der Waals surface area contributed by atoms with E-state index in [1.54, 1.807) is 12.1 Å². The Morgan fingerprint density at radius 2 is 1.92 bits per heavy atom. The summed E-state index contributed by atoms with van der Waals surface area (Å²) in [5, 5.41) is 13.3. The van der Waals surface area contributed by atoms with E-state index in [-0.39, 0.29) is 23.2 Å². The highest BCUT2D eigenvalue weighted by atomic mass is 16.3. The summed E-state index contributed by atoms with van der Waals surface area (Å²) in [6.45, 7) is 1.79. The molecular formula is C18H17N3O4. The summed E-state index contributed by atoms with van der Waals surface area (Å²) in [7, 11) is 0. The van der Waals surface area contributed by atoms with Gasteiger partial charge in [-0.25, -0.2) is 0 Å². The molecule has 3 rings (SSSR count). The first kappa shape index (κ1) is 16.7. The number of hydrogen-bond acceptors (Lipinski definition) is 4. The molecule has 7 nitrogen and oxygen atoms in total. The van der Waals surface area contributed by atoms with Gasteiger partial charge in [0.25, 0.3) is 5.91 Å². The van der Waals surface area contributed by atoms with Crippen LogP contribution in [0.15, 0.2) is 52.1 Å². The number of aromatic amines is 2. The number of carbonyl (C=O) groups is 1. The van der Waals surface area contributed by atoms with Gasteiger partial charge in [0.1, 0.15) is 6.10 Å². The van der Waals surface area contributed by atoms with Crippen LogP contribution >= 0.6 is 0 Å². The van der Waals surface area contributed by atoms with Gasteiger partial charge in [-0.3, -0.25) is 14.4 Å². The van der Waals surface area contributed by atoms with E-state index < -0.39 is 12.0 Å². The third-order valence-corrected chi connectivity index (χ3v) is 3.85. The normalized spacial score (nSPS) is 12.1. The highest BCUT2D eigenvalue weighted by Gasteiger charge is 2.15. The summed E-state index contributed by atoms with van der Waals surface area (Å²) in [6, 6.07) is 11.0. The number of rotatable bonds is 4. The zero-order valence-electron chi connectivity index (χ0n) is 13.5. The molecule has 0 saturated heterocycles. The molecule has 0 fully saturated rings. The van der Waals surface area contributed by atoms with Crippen molar-refractivity contribution in [3.05, 3.63) is 80.0 Å². The molecule has 0 radical (unpaired) electrons. The lowest BCUT2D eigenvalue weighted by Crippen LogP contribution is -2.30. The molecule has 7 heteroatoms.